The van der Waals surface area contributed by atoms with Crippen LogP contribution >= 0.6 is 0 Å². The maximum atomic E-state index is 13.7. The number of aryl methyl sites for hydroxylation is 1. The van der Waals surface area contributed by atoms with Gasteiger partial charge in [0.25, 0.3) is 5.56 Å². The number of aromatic nitrogens is 2. The summed E-state index contributed by atoms with van der Waals surface area (Å²) in [5.74, 6) is 0. The summed E-state index contributed by atoms with van der Waals surface area (Å²) in [5, 5.41) is 1.89. The maximum absolute atomic E-state index is 13.7. The molecule has 2 aromatic heterocycles. The summed E-state index contributed by atoms with van der Waals surface area (Å²) in [4.78, 5) is 13.7. The van der Waals surface area contributed by atoms with E-state index in [1.807, 2.05) is 35.0 Å². The molecule has 0 bridgehead atoms. The lowest BCUT2D eigenvalue weighted by Crippen LogP contribution is -2.36. The van der Waals surface area contributed by atoms with E-state index in [1.165, 1.54) is 12.8 Å². The van der Waals surface area contributed by atoms with Crippen molar-refractivity contribution in [3.05, 3.63) is 82.8 Å². The quantitative estimate of drug-likeness (QED) is 0.385. The molecule has 2 heterocycles. The summed E-state index contributed by atoms with van der Waals surface area (Å²) >= 11 is 0. The molecule has 0 saturated heterocycles. The molecule has 0 aliphatic rings. The zero-order valence-electron chi connectivity index (χ0n) is 17.0. The van der Waals surface area contributed by atoms with Gasteiger partial charge in [0.1, 0.15) is 0 Å². The smallest absolute Gasteiger partial charge is 0.261 e. The minimum Gasteiger partial charge on any atom is -0.340 e. The predicted molar refractivity (Wildman–Crippen MR) is 118 cm³/mol. The molecule has 3 heteroatoms. The molecule has 0 aliphatic heterocycles. The zero-order valence-corrected chi connectivity index (χ0v) is 17.0. The van der Waals surface area contributed by atoms with Gasteiger partial charge < -0.3 is 9.13 Å². The molecular weight excluding hydrogens is 344 g/mol. The van der Waals surface area contributed by atoms with Crippen molar-refractivity contribution in [1.82, 2.24) is 9.13 Å². The van der Waals surface area contributed by atoms with Crippen LogP contribution in [0, 0.1) is 0 Å². The van der Waals surface area contributed by atoms with Gasteiger partial charge in [0.15, 0.2) is 0 Å². The van der Waals surface area contributed by atoms with Crippen LogP contribution in [0.1, 0.15) is 45.6 Å². The predicted octanol–water partition coefficient (Wildman–Crippen LogP) is 5.93. The van der Waals surface area contributed by atoms with Crippen LogP contribution in [0.2, 0.25) is 0 Å². The number of unbranched alkanes of at least 4 members (excludes halogenated alkanes) is 2. The molecule has 0 N–H and O–H groups in total. The Labute approximate surface area is 166 Å². The highest BCUT2D eigenvalue weighted by molar-refractivity contribution is 6.07. The lowest BCUT2D eigenvalue weighted by atomic mass is 9.93. The Hall–Kier alpha value is -2.81. The third-order valence-electron chi connectivity index (χ3n) is 5.89. The van der Waals surface area contributed by atoms with E-state index in [-0.39, 0.29) is 5.56 Å². The first kappa shape index (κ1) is 18.5. The van der Waals surface area contributed by atoms with Crippen molar-refractivity contribution in [1.29, 1.82) is 0 Å². The number of rotatable bonds is 6. The number of para-hydroxylation sites is 1. The number of hydrogen-bond donors (Lipinski definition) is 0. The van der Waals surface area contributed by atoms with Gasteiger partial charge in [-0.05, 0) is 38.0 Å². The van der Waals surface area contributed by atoms with Crippen LogP contribution in [0.4, 0.5) is 0 Å². The monoisotopic (exact) mass is 372 g/mol. The normalized spacial score (nSPS) is 12.1. The van der Waals surface area contributed by atoms with Crippen LogP contribution in [-0.2, 0) is 12.1 Å². The van der Waals surface area contributed by atoms with Gasteiger partial charge in [-0.15, -0.1) is 0 Å². The number of hydrogen-bond acceptors (Lipinski definition) is 1. The highest BCUT2D eigenvalue weighted by Gasteiger charge is 2.25. The zero-order chi connectivity index (χ0) is 19.7. The Kier molecular flexibility index (Phi) is 4.84. The summed E-state index contributed by atoms with van der Waals surface area (Å²) in [6.07, 6.45) is 5.48. The number of fused-ring (bicyclic) bond motifs is 3. The first-order chi connectivity index (χ1) is 13.6. The fourth-order valence-corrected chi connectivity index (χ4v) is 4.24. The van der Waals surface area contributed by atoms with E-state index < -0.39 is 5.54 Å². The highest BCUT2D eigenvalue weighted by Crippen LogP contribution is 2.30. The van der Waals surface area contributed by atoms with Crippen molar-refractivity contribution in [3.8, 4) is 0 Å². The summed E-state index contributed by atoms with van der Waals surface area (Å²) in [5.41, 5.74) is 2.99. The van der Waals surface area contributed by atoms with Crippen molar-refractivity contribution in [2.45, 2.75) is 52.1 Å². The molecule has 3 nitrogen and oxygen atoms in total. The topological polar surface area (TPSA) is 26.9 Å². The van der Waals surface area contributed by atoms with Crippen molar-refractivity contribution in [2.24, 2.45) is 0 Å². The second-order valence-electron chi connectivity index (χ2n) is 8.05. The standard InChI is InChI=1S/C25H28N2O/c1-4-5-11-17-26-21-15-10-9-14-20(21)23-22(26)16-18-27(24(23)28)25(2,3)19-12-7-6-8-13-19/h6-10,12-16,18H,4-5,11,17H2,1-3H3. The van der Waals surface area contributed by atoms with Crippen LogP contribution in [0.25, 0.3) is 21.8 Å². The van der Waals surface area contributed by atoms with Crippen LogP contribution < -0.4 is 5.56 Å². The average Bonchev–Trinajstić information content (AvgIpc) is 3.04. The summed E-state index contributed by atoms with van der Waals surface area (Å²) in [6, 6.07) is 20.7. The SMILES string of the molecule is CCCCCn1c2ccccc2c2c(=O)n(C(C)(C)c3ccccc3)ccc21. The fourth-order valence-electron chi connectivity index (χ4n) is 4.24. The minimum absolute atomic E-state index is 0.0804. The molecular formula is C25H28N2O. The molecule has 0 atom stereocenters. The van der Waals surface area contributed by atoms with E-state index in [0.29, 0.717) is 0 Å². The molecule has 0 fully saturated rings. The number of nitrogens with zero attached hydrogens (tertiary/aromatic N) is 2. The Bertz CT molecular complexity index is 1170. The van der Waals surface area contributed by atoms with E-state index in [9.17, 15) is 4.79 Å². The van der Waals surface area contributed by atoms with Crippen molar-refractivity contribution in [2.75, 3.05) is 0 Å². The molecule has 0 aliphatic carbocycles. The molecule has 0 radical (unpaired) electrons. The van der Waals surface area contributed by atoms with Crippen LogP contribution in [0.3, 0.4) is 0 Å². The molecule has 4 aromatic rings. The third-order valence-corrected chi connectivity index (χ3v) is 5.89. The molecule has 0 unspecified atom stereocenters. The maximum Gasteiger partial charge on any atom is 0.261 e. The fraction of sp³-hybridized carbons (Fsp3) is 0.320. The lowest BCUT2D eigenvalue weighted by molar-refractivity contribution is 0.424. The number of pyridine rings is 1. The Balaban J connectivity index is 1.95. The first-order valence-corrected chi connectivity index (χ1v) is 10.2. The van der Waals surface area contributed by atoms with Gasteiger partial charge in [0, 0.05) is 23.6 Å². The van der Waals surface area contributed by atoms with E-state index in [2.05, 4.69) is 61.7 Å². The molecule has 0 amide bonds. The molecule has 28 heavy (non-hydrogen) atoms. The second kappa shape index (κ2) is 7.31. The first-order valence-electron chi connectivity index (χ1n) is 10.2. The molecule has 4 rings (SSSR count). The molecule has 144 valence electrons. The van der Waals surface area contributed by atoms with E-state index in [4.69, 9.17) is 0 Å². The highest BCUT2D eigenvalue weighted by atomic mass is 16.1. The molecule has 0 spiro atoms. The van der Waals surface area contributed by atoms with Crippen LogP contribution in [-0.4, -0.2) is 9.13 Å². The Morgan fingerprint density at radius 2 is 1.57 bits per heavy atom. The van der Waals surface area contributed by atoms with Crippen molar-refractivity contribution >= 4 is 21.8 Å². The van der Waals surface area contributed by atoms with Crippen LogP contribution in [0.15, 0.2) is 71.7 Å². The van der Waals surface area contributed by atoms with Gasteiger partial charge in [-0.1, -0.05) is 68.3 Å². The van der Waals surface area contributed by atoms with Gasteiger partial charge in [-0.3, -0.25) is 4.79 Å². The Morgan fingerprint density at radius 1 is 0.857 bits per heavy atom. The van der Waals surface area contributed by atoms with Gasteiger partial charge in [0.05, 0.1) is 16.4 Å². The molecule has 2 aromatic carbocycles. The Morgan fingerprint density at radius 3 is 2.32 bits per heavy atom. The van der Waals surface area contributed by atoms with Gasteiger partial charge in [-0.25, -0.2) is 0 Å². The van der Waals surface area contributed by atoms with E-state index in [1.54, 1.807) is 0 Å². The minimum atomic E-state index is -0.419. The summed E-state index contributed by atoms with van der Waals surface area (Å²) in [7, 11) is 0. The van der Waals surface area contributed by atoms with E-state index in [0.717, 1.165) is 40.3 Å². The van der Waals surface area contributed by atoms with Crippen molar-refractivity contribution in [3.63, 3.8) is 0 Å². The summed E-state index contributed by atoms with van der Waals surface area (Å²) in [6.45, 7) is 7.38. The summed E-state index contributed by atoms with van der Waals surface area (Å²) < 4.78 is 4.20. The average molecular weight is 373 g/mol. The lowest BCUT2D eigenvalue weighted by Gasteiger charge is -2.28. The largest absolute Gasteiger partial charge is 0.340 e. The van der Waals surface area contributed by atoms with Gasteiger partial charge in [0.2, 0.25) is 0 Å². The van der Waals surface area contributed by atoms with E-state index >= 15 is 0 Å². The van der Waals surface area contributed by atoms with Crippen LogP contribution in [0.5, 0.6) is 0 Å². The molecule has 0 saturated carbocycles. The third kappa shape index (κ3) is 2.95. The van der Waals surface area contributed by atoms with Crippen molar-refractivity contribution < 1.29 is 0 Å². The number of benzene rings is 2. The van der Waals surface area contributed by atoms with Gasteiger partial charge in [-0.2, -0.15) is 0 Å². The second-order valence-corrected chi connectivity index (χ2v) is 8.05. The van der Waals surface area contributed by atoms with Gasteiger partial charge >= 0.3 is 0 Å².